The Morgan fingerprint density at radius 2 is 1.88 bits per heavy atom. The summed E-state index contributed by atoms with van der Waals surface area (Å²) in [5.74, 6) is 0.116. The maximum absolute atomic E-state index is 11.9. The summed E-state index contributed by atoms with van der Waals surface area (Å²) in [5, 5.41) is 0. The van der Waals surface area contributed by atoms with Gasteiger partial charge in [0.2, 0.25) is 11.9 Å². The largest absolute Gasteiger partial charge is 0.463 e. The number of ether oxygens (including phenoxy) is 1. The second-order valence-electron chi connectivity index (χ2n) is 3.38. The summed E-state index contributed by atoms with van der Waals surface area (Å²) in [6, 6.07) is -0.217. The maximum atomic E-state index is 11.9. The number of rotatable bonds is 4. The van der Waals surface area contributed by atoms with Gasteiger partial charge in [-0.15, -0.1) is 0 Å². The van der Waals surface area contributed by atoms with E-state index in [9.17, 15) is 13.2 Å². The number of hydrogen-bond donors (Lipinski definition) is 1. The van der Waals surface area contributed by atoms with E-state index < -0.39 is 19.2 Å². The van der Waals surface area contributed by atoms with E-state index in [1.54, 1.807) is 14.1 Å². The van der Waals surface area contributed by atoms with E-state index >= 15 is 0 Å². The first-order valence-corrected chi connectivity index (χ1v) is 4.66. The van der Waals surface area contributed by atoms with Crippen molar-refractivity contribution >= 4 is 11.9 Å². The Bertz CT molecular complexity index is 382. The minimum Gasteiger partial charge on any atom is -0.463 e. The lowest BCUT2D eigenvalue weighted by atomic mass is 10.4. The summed E-state index contributed by atoms with van der Waals surface area (Å²) >= 11 is 0. The van der Waals surface area contributed by atoms with Crippen LogP contribution in [0.2, 0.25) is 0 Å². The molecular weight excluding hydrogens is 239 g/mol. The maximum Gasteiger partial charge on any atom is 0.392 e. The third-order valence-electron chi connectivity index (χ3n) is 1.64. The summed E-state index contributed by atoms with van der Waals surface area (Å²) in [5.41, 5.74) is 5.36. The van der Waals surface area contributed by atoms with Gasteiger partial charge in [0.1, 0.15) is 6.61 Å². The van der Waals surface area contributed by atoms with E-state index in [1.165, 1.54) is 4.90 Å². The molecule has 0 aliphatic rings. The van der Waals surface area contributed by atoms with Crippen LogP contribution in [0, 0.1) is 0 Å². The molecule has 1 rings (SSSR count). The first-order chi connectivity index (χ1) is 7.78. The van der Waals surface area contributed by atoms with Crippen molar-refractivity contribution in [3.05, 3.63) is 0 Å². The van der Waals surface area contributed by atoms with Crippen molar-refractivity contribution in [1.29, 1.82) is 0 Å². The van der Waals surface area contributed by atoms with Crippen molar-refractivity contribution in [2.24, 2.45) is 0 Å². The minimum absolute atomic E-state index is 0.106. The number of nitrogen functional groups attached to an aromatic ring is 1. The molecule has 0 fully saturated rings. The standard InChI is InChI=1S/C8H12F3N5O/c1-16(2)6-13-5(12)14-7(15-6)17-4-3-8(9,10)11/h3-4H2,1-2H3,(H2,12,13,14,15). The van der Waals surface area contributed by atoms with Crippen LogP contribution in [-0.2, 0) is 0 Å². The van der Waals surface area contributed by atoms with Crippen LogP contribution in [0.25, 0.3) is 0 Å². The van der Waals surface area contributed by atoms with E-state index in [0.29, 0.717) is 0 Å². The van der Waals surface area contributed by atoms with E-state index in [1.807, 2.05) is 0 Å². The van der Waals surface area contributed by atoms with Gasteiger partial charge in [-0.3, -0.25) is 0 Å². The third-order valence-corrected chi connectivity index (χ3v) is 1.64. The Morgan fingerprint density at radius 3 is 2.41 bits per heavy atom. The van der Waals surface area contributed by atoms with Gasteiger partial charge in [-0.2, -0.15) is 28.1 Å². The topological polar surface area (TPSA) is 77.2 Å². The Hall–Kier alpha value is -1.80. The van der Waals surface area contributed by atoms with Crippen molar-refractivity contribution in [3.8, 4) is 6.01 Å². The predicted molar refractivity (Wildman–Crippen MR) is 54.7 cm³/mol. The van der Waals surface area contributed by atoms with Crippen LogP contribution in [0.1, 0.15) is 6.42 Å². The highest BCUT2D eigenvalue weighted by Crippen LogP contribution is 2.19. The van der Waals surface area contributed by atoms with Crippen LogP contribution in [0.15, 0.2) is 0 Å². The lowest BCUT2D eigenvalue weighted by molar-refractivity contribution is -0.139. The van der Waals surface area contributed by atoms with Crippen LogP contribution in [0.4, 0.5) is 25.1 Å². The van der Waals surface area contributed by atoms with Crippen LogP contribution in [-0.4, -0.2) is 41.8 Å². The Labute approximate surface area is 95.6 Å². The number of anilines is 2. The van der Waals surface area contributed by atoms with Gasteiger partial charge in [0.25, 0.3) is 0 Å². The second-order valence-corrected chi connectivity index (χ2v) is 3.38. The zero-order valence-corrected chi connectivity index (χ0v) is 9.32. The smallest absolute Gasteiger partial charge is 0.392 e. The molecule has 9 heteroatoms. The molecule has 0 spiro atoms. The number of halogens is 3. The van der Waals surface area contributed by atoms with Gasteiger partial charge in [-0.05, 0) is 0 Å². The summed E-state index contributed by atoms with van der Waals surface area (Å²) in [6.45, 7) is -0.556. The fourth-order valence-electron chi connectivity index (χ4n) is 0.884. The number of hydrogen-bond acceptors (Lipinski definition) is 6. The Kier molecular flexibility index (Phi) is 3.92. The molecule has 0 radical (unpaired) electrons. The van der Waals surface area contributed by atoms with Crippen LogP contribution < -0.4 is 15.4 Å². The molecule has 0 saturated carbocycles. The highest BCUT2D eigenvalue weighted by molar-refractivity contribution is 5.33. The van der Waals surface area contributed by atoms with Gasteiger partial charge in [-0.1, -0.05) is 0 Å². The van der Waals surface area contributed by atoms with Gasteiger partial charge in [-0.25, -0.2) is 0 Å². The fourth-order valence-corrected chi connectivity index (χ4v) is 0.884. The average molecular weight is 251 g/mol. The van der Waals surface area contributed by atoms with Crippen molar-refractivity contribution in [1.82, 2.24) is 15.0 Å². The molecule has 0 saturated heterocycles. The molecule has 1 heterocycles. The molecule has 0 aliphatic heterocycles. The SMILES string of the molecule is CN(C)c1nc(N)nc(OCCC(F)(F)F)n1. The molecule has 0 atom stereocenters. The van der Waals surface area contributed by atoms with Crippen LogP contribution >= 0.6 is 0 Å². The van der Waals surface area contributed by atoms with Crippen molar-refractivity contribution < 1.29 is 17.9 Å². The molecule has 0 bridgehead atoms. The molecule has 0 unspecified atom stereocenters. The minimum atomic E-state index is -4.27. The van der Waals surface area contributed by atoms with Gasteiger partial charge in [0, 0.05) is 14.1 Å². The van der Waals surface area contributed by atoms with E-state index in [0.717, 1.165) is 0 Å². The molecule has 0 amide bonds. The number of nitrogens with zero attached hydrogens (tertiary/aromatic N) is 4. The third kappa shape index (κ3) is 4.70. The number of nitrogens with two attached hydrogens (primary N) is 1. The van der Waals surface area contributed by atoms with E-state index in [-0.39, 0.29) is 17.9 Å². The van der Waals surface area contributed by atoms with Gasteiger partial charge in [0.05, 0.1) is 6.42 Å². The highest BCUT2D eigenvalue weighted by atomic mass is 19.4. The summed E-state index contributed by atoms with van der Waals surface area (Å²) in [7, 11) is 3.32. The molecule has 0 aliphatic carbocycles. The summed E-state index contributed by atoms with van der Waals surface area (Å²) in [4.78, 5) is 12.7. The lowest BCUT2D eigenvalue weighted by Crippen LogP contribution is -2.17. The van der Waals surface area contributed by atoms with E-state index in [2.05, 4.69) is 15.0 Å². The zero-order valence-electron chi connectivity index (χ0n) is 9.32. The zero-order chi connectivity index (χ0) is 13.1. The normalized spacial score (nSPS) is 11.4. The van der Waals surface area contributed by atoms with Crippen molar-refractivity contribution in [3.63, 3.8) is 0 Å². The van der Waals surface area contributed by atoms with Crippen molar-refractivity contribution in [2.75, 3.05) is 31.3 Å². The predicted octanol–water partition coefficient (Wildman–Crippen LogP) is 0.851. The second kappa shape index (κ2) is 5.02. The quantitative estimate of drug-likeness (QED) is 0.854. The van der Waals surface area contributed by atoms with E-state index in [4.69, 9.17) is 10.5 Å². The molecule has 2 N–H and O–H groups in total. The molecule has 0 aromatic carbocycles. The summed E-state index contributed by atoms with van der Waals surface area (Å²) < 4.78 is 40.4. The number of aromatic nitrogens is 3. The average Bonchev–Trinajstić information content (AvgIpc) is 2.14. The molecule has 1 aromatic heterocycles. The molecule has 96 valence electrons. The highest BCUT2D eigenvalue weighted by Gasteiger charge is 2.27. The van der Waals surface area contributed by atoms with Crippen LogP contribution in [0.3, 0.4) is 0 Å². The molecule has 17 heavy (non-hydrogen) atoms. The van der Waals surface area contributed by atoms with Crippen LogP contribution in [0.5, 0.6) is 6.01 Å². The van der Waals surface area contributed by atoms with Gasteiger partial charge >= 0.3 is 12.2 Å². The first-order valence-electron chi connectivity index (χ1n) is 4.66. The Morgan fingerprint density at radius 1 is 1.24 bits per heavy atom. The first kappa shape index (κ1) is 13.3. The monoisotopic (exact) mass is 251 g/mol. The van der Waals surface area contributed by atoms with Crippen molar-refractivity contribution in [2.45, 2.75) is 12.6 Å². The lowest BCUT2D eigenvalue weighted by Gasteiger charge is -2.12. The molecule has 6 nitrogen and oxygen atoms in total. The molecular formula is C8H12F3N5O. The van der Waals surface area contributed by atoms with Gasteiger partial charge < -0.3 is 15.4 Å². The van der Waals surface area contributed by atoms with Gasteiger partial charge in [0.15, 0.2) is 0 Å². The summed E-state index contributed by atoms with van der Waals surface area (Å²) in [6.07, 6.45) is -5.35. The molecule has 1 aromatic rings. The Balaban J connectivity index is 2.65. The number of alkyl halides is 3. The fraction of sp³-hybridized carbons (Fsp3) is 0.625.